The molecule has 1 aliphatic rings. The number of piperidine rings is 1. The minimum absolute atomic E-state index is 0.287. The zero-order valence-electron chi connectivity index (χ0n) is 11.5. The summed E-state index contributed by atoms with van der Waals surface area (Å²) in [6.45, 7) is 8.12. The molecule has 3 nitrogen and oxygen atoms in total. The highest BCUT2D eigenvalue weighted by atomic mass is 28.3. The van der Waals surface area contributed by atoms with E-state index >= 15 is 0 Å². The highest BCUT2D eigenvalue weighted by Gasteiger charge is 2.40. The highest BCUT2D eigenvalue weighted by Crippen LogP contribution is 2.34. The summed E-state index contributed by atoms with van der Waals surface area (Å²) in [4.78, 5) is 0. The van der Waals surface area contributed by atoms with Gasteiger partial charge in [-0.15, -0.1) is 0 Å². The van der Waals surface area contributed by atoms with Crippen molar-refractivity contribution in [2.45, 2.75) is 52.0 Å². The van der Waals surface area contributed by atoms with E-state index in [0.29, 0.717) is 0 Å². The molecule has 0 amide bonds. The fourth-order valence-electron chi connectivity index (χ4n) is 3.01. The van der Waals surface area contributed by atoms with Crippen LogP contribution < -0.4 is 0 Å². The third kappa shape index (κ3) is 3.29. The van der Waals surface area contributed by atoms with Crippen LogP contribution in [-0.2, 0) is 8.85 Å². The van der Waals surface area contributed by atoms with E-state index in [0.717, 1.165) is 12.5 Å². The third-order valence-corrected chi connectivity index (χ3v) is 5.76. The Morgan fingerprint density at radius 1 is 1.25 bits per heavy atom. The summed E-state index contributed by atoms with van der Waals surface area (Å²) in [7, 11) is 1.94. The molecule has 96 valence electrons. The van der Waals surface area contributed by atoms with Crippen molar-refractivity contribution in [2.75, 3.05) is 20.8 Å². The standard InChI is InChI=1S/C12H27NO2Si/c1-11(2)10-12(3)8-6-7-9-13(12)16(14-4)15-5/h11,16H,6-10H2,1-5H3. The van der Waals surface area contributed by atoms with Crippen molar-refractivity contribution in [3.8, 4) is 0 Å². The Labute approximate surface area is 102 Å². The number of nitrogens with zero attached hydrogens (tertiary/aromatic N) is 1. The summed E-state index contributed by atoms with van der Waals surface area (Å²) in [6, 6.07) is 0. The predicted octanol–water partition coefficient (Wildman–Crippen LogP) is 2.29. The molecular formula is C12H27NO2Si. The van der Waals surface area contributed by atoms with Crippen molar-refractivity contribution in [3.05, 3.63) is 0 Å². The van der Waals surface area contributed by atoms with Crippen molar-refractivity contribution in [3.63, 3.8) is 0 Å². The first-order chi connectivity index (χ1) is 7.53. The van der Waals surface area contributed by atoms with Crippen molar-refractivity contribution in [2.24, 2.45) is 5.92 Å². The summed E-state index contributed by atoms with van der Waals surface area (Å²) >= 11 is 0. The maximum absolute atomic E-state index is 5.56. The van der Waals surface area contributed by atoms with Gasteiger partial charge in [0.1, 0.15) is 0 Å². The Morgan fingerprint density at radius 2 is 1.88 bits per heavy atom. The molecule has 1 atom stereocenters. The van der Waals surface area contributed by atoms with Gasteiger partial charge in [0.05, 0.1) is 0 Å². The van der Waals surface area contributed by atoms with Gasteiger partial charge in [-0.3, -0.25) is 4.57 Å². The van der Waals surface area contributed by atoms with Gasteiger partial charge in [0.15, 0.2) is 0 Å². The summed E-state index contributed by atoms with van der Waals surface area (Å²) in [6.07, 6.45) is 5.14. The van der Waals surface area contributed by atoms with Crippen molar-refractivity contribution in [1.82, 2.24) is 4.57 Å². The molecule has 0 aromatic heterocycles. The highest BCUT2D eigenvalue weighted by molar-refractivity contribution is 6.41. The van der Waals surface area contributed by atoms with Crippen LogP contribution in [0, 0.1) is 5.92 Å². The van der Waals surface area contributed by atoms with Crippen molar-refractivity contribution >= 4 is 9.45 Å². The second kappa shape index (κ2) is 6.14. The smallest absolute Gasteiger partial charge is 0.388 e. The van der Waals surface area contributed by atoms with Crippen LogP contribution in [-0.4, -0.2) is 40.3 Å². The first kappa shape index (κ1) is 14.2. The zero-order valence-corrected chi connectivity index (χ0v) is 12.6. The molecule has 0 spiro atoms. The lowest BCUT2D eigenvalue weighted by Crippen LogP contribution is -2.58. The van der Waals surface area contributed by atoms with Crippen LogP contribution in [0.4, 0.5) is 0 Å². The molecule has 0 saturated carbocycles. The van der Waals surface area contributed by atoms with E-state index in [9.17, 15) is 0 Å². The fraction of sp³-hybridized carbons (Fsp3) is 1.00. The van der Waals surface area contributed by atoms with E-state index in [4.69, 9.17) is 8.85 Å². The van der Waals surface area contributed by atoms with Crippen molar-refractivity contribution < 1.29 is 8.85 Å². The molecule has 0 aliphatic carbocycles. The third-order valence-electron chi connectivity index (χ3n) is 3.56. The molecule has 4 heteroatoms. The molecule has 0 bridgehead atoms. The average Bonchev–Trinajstić information content (AvgIpc) is 2.21. The molecule has 1 fully saturated rings. The zero-order chi connectivity index (χ0) is 12.2. The molecule has 0 aromatic carbocycles. The Hall–Kier alpha value is 0.0969. The quantitative estimate of drug-likeness (QED) is 0.694. The van der Waals surface area contributed by atoms with Gasteiger partial charge in [-0.05, 0) is 38.6 Å². The topological polar surface area (TPSA) is 21.7 Å². The van der Waals surface area contributed by atoms with Crippen LogP contribution >= 0.6 is 0 Å². The lowest BCUT2D eigenvalue weighted by atomic mass is 9.83. The van der Waals surface area contributed by atoms with E-state index in [1.54, 1.807) is 14.2 Å². The normalized spacial score (nSPS) is 27.9. The monoisotopic (exact) mass is 245 g/mol. The van der Waals surface area contributed by atoms with Gasteiger partial charge in [-0.1, -0.05) is 20.3 Å². The molecule has 1 aliphatic heterocycles. The summed E-state index contributed by atoms with van der Waals surface area (Å²) in [5.74, 6) is 0.731. The van der Waals surface area contributed by atoms with Gasteiger partial charge in [0.2, 0.25) is 0 Å². The van der Waals surface area contributed by atoms with Gasteiger partial charge in [-0.25, -0.2) is 0 Å². The first-order valence-electron chi connectivity index (χ1n) is 6.36. The summed E-state index contributed by atoms with van der Waals surface area (Å²) in [5, 5.41) is 0. The molecule has 1 unspecified atom stereocenters. The Kier molecular flexibility index (Phi) is 5.44. The molecule has 16 heavy (non-hydrogen) atoms. The number of rotatable bonds is 5. The van der Waals surface area contributed by atoms with Gasteiger partial charge in [0.25, 0.3) is 0 Å². The molecule has 1 saturated heterocycles. The van der Waals surface area contributed by atoms with Gasteiger partial charge < -0.3 is 8.85 Å². The van der Waals surface area contributed by atoms with Gasteiger partial charge in [0, 0.05) is 19.8 Å². The van der Waals surface area contributed by atoms with Crippen molar-refractivity contribution in [1.29, 1.82) is 0 Å². The van der Waals surface area contributed by atoms with Crippen LogP contribution in [0.15, 0.2) is 0 Å². The van der Waals surface area contributed by atoms with Gasteiger partial charge >= 0.3 is 9.45 Å². The summed E-state index contributed by atoms with van der Waals surface area (Å²) in [5.41, 5.74) is 0.287. The first-order valence-corrected chi connectivity index (χ1v) is 7.82. The second-order valence-electron chi connectivity index (χ2n) is 5.52. The SMILES string of the molecule is CO[SiH](OC)N1CCCCC1(C)CC(C)C. The van der Waals surface area contributed by atoms with Crippen LogP contribution in [0.5, 0.6) is 0 Å². The molecule has 0 radical (unpaired) electrons. The average molecular weight is 245 g/mol. The van der Waals surface area contributed by atoms with Crippen LogP contribution in [0.2, 0.25) is 0 Å². The second-order valence-corrected chi connectivity index (χ2v) is 7.70. The molecular weight excluding hydrogens is 218 g/mol. The minimum Gasteiger partial charge on any atom is -0.388 e. The minimum atomic E-state index is -1.62. The Morgan fingerprint density at radius 3 is 2.38 bits per heavy atom. The van der Waals surface area contributed by atoms with E-state index in [1.165, 1.54) is 25.7 Å². The van der Waals surface area contributed by atoms with E-state index in [2.05, 4.69) is 25.3 Å². The molecule has 0 N–H and O–H groups in total. The largest absolute Gasteiger partial charge is 0.410 e. The van der Waals surface area contributed by atoms with Gasteiger partial charge in [-0.2, -0.15) is 0 Å². The van der Waals surface area contributed by atoms with E-state index in [1.807, 2.05) is 0 Å². The lowest BCUT2D eigenvalue weighted by Gasteiger charge is -2.47. The lowest BCUT2D eigenvalue weighted by molar-refractivity contribution is 0.0662. The number of hydrogen-bond acceptors (Lipinski definition) is 3. The molecule has 1 rings (SSSR count). The van der Waals surface area contributed by atoms with Crippen LogP contribution in [0.3, 0.4) is 0 Å². The maximum Gasteiger partial charge on any atom is 0.410 e. The fourth-order valence-corrected chi connectivity index (χ4v) is 4.85. The van der Waals surface area contributed by atoms with E-state index in [-0.39, 0.29) is 5.54 Å². The Balaban J connectivity index is 2.76. The molecule has 1 heterocycles. The maximum atomic E-state index is 5.56. The number of hydrogen-bond donors (Lipinski definition) is 0. The molecule has 0 aromatic rings. The Bertz CT molecular complexity index is 209. The van der Waals surface area contributed by atoms with Crippen LogP contribution in [0.1, 0.15) is 46.5 Å². The predicted molar refractivity (Wildman–Crippen MR) is 69.6 cm³/mol. The van der Waals surface area contributed by atoms with E-state index < -0.39 is 9.45 Å². The summed E-state index contributed by atoms with van der Waals surface area (Å²) < 4.78 is 13.6. The van der Waals surface area contributed by atoms with Crippen LogP contribution in [0.25, 0.3) is 0 Å².